The first-order valence-corrected chi connectivity index (χ1v) is 7.56. The molecule has 118 valence electrons. The topological polar surface area (TPSA) is 34.1 Å². The third kappa shape index (κ3) is 4.81. The first-order valence-electron chi connectivity index (χ1n) is 7.56. The Morgan fingerprint density at radius 1 is 1.27 bits per heavy atom. The number of aryl methyl sites for hydroxylation is 1. The molecule has 0 fully saturated rings. The fraction of sp³-hybridized carbons (Fsp3) is 0.389. The molecule has 0 amide bonds. The van der Waals surface area contributed by atoms with Gasteiger partial charge in [-0.1, -0.05) is 12.1 Å². The lowest BCUT2D eigenvalue weighted by atomic mass is 10.1. The summed E-state index contributed by atoms with van der Waals surface area (Å²) in [6.07, 6.45) is 2.99. The van der Waals surface area contributed by atoms with E-state index in [0.717, 1.165) is 36.4 Å². The average molecular weight is 302 g/mol. The van der Waals surface area contributed by atoms with Crippen LogP contribution < -0.4 is 10.1 Å². The van der Waals surface area contributed by atoms with Crippen molar-refractivity contribution in [2.75, 3.05) is 13.7 Å². The van der Waals surface area contributed by atoms with Gasteiger partial charge in [-0.25, -0.2) is 4.39 Å². The summed E-state index contributed by atoms with van der Waals surface area (Å²) in [7, 11) is 1.67. The Bertz CT molecular complexity index is 599. The van der Waals surface area contributed by atoms with Gasteiger partial charge in [0.1, 0.15) is 11.6 Å². The van der Waals surface area contributed by atoms with Crippen LogP contribution in [-0.2, 0) is 12.8 Å². The van der Waals surface area contributed by atoms with Crippen LogP contribution >= 0.6 is 0 Å². The van der Waals surface area contributed by atoms with Crippen LogP contribution in [0.3, 0.4) is 0 Å². The van der Waals surface area contributed by atoms with E-state index in [4.69, 9.17) is 4.74 Å². The second kappa shape index (κ2) is 7.90. The first-order chi connectivity index (χ1) is 10.6. The van der Waals surface area contributed by atoms with Crippen molar-refractivity contribution in [3.63, 3.8) is 0 Å². The molecule has 1 aromatic carbocycles. The van der Waals surface area contributed by atoms with Crippen LogP contribution in [0.25, 0.3) is 0 Å². The van der Waals surface area contributed by atoms with E-state index in [9.17, 15) is 4.39 Å². The third-order valence-electron chi connectivity index (χ3n) is 3.75. The fourth-order valence-electron chi connectivity index (χ4n) is 2.44. The molecule has 1 N–H and O–H groups in total. The van der Waals surface area contributed by atoms with Crippen molar-refractivity contribution < 1.29 is 9.13 Å². The number of hydrogen-bond donors (Lipinski definition) is 1. The quantitative estimate of drug-likeness (QED) is 0.852. The van der Waals surface area contributed by atoms with Crippen molar-refractivity contribution in [3.05, 3.63) is 59.2 Å². The van der Waals surface area contributed by atoms with Crippen molar-refractivity contribution in [1.82, 2.24) is 10.3 Å². The predicted octanol–water partition coefficient (Wildman–Crippen LogP) is 3.30. The van der Waals surface area contributed by atoms with Gasteiger partial charge < -0.3 is 10.1 Å². The number of methoxy groups -OCH3 is 1. The van der Waals surface area contributed by atoms with Crippen LogP contribution in [0, 0.1) is 12.7 Å². The normalized spacial score (nSPS) is 12.2. The highest BCUT2D eigenvalue weighted by atomic mass is 19.1. The number of rotatable bonds is 7. The number of nitrogens with one attached hydrogen (secondary N) is 1. The summed E-state index contributed by atoms with van der Waals surface area (Å²) in [4.78, 5) is 4.05. The van der Waals surface area contributed by atoms with Gasteiger partial charge in [0.25, 0.3) is 0 Å². The zero-order chi connectivity index (χ0) is 15.9. The molecule has 4 heteroatoms. The molecule has 1 heterocycles. The van der Waals surface area contributed by atoms with Gasteiger partial charge in [0, 0.05) is 11.7 Å². The molecule has 0 unspecified atom stereocenters. The molecule has 0 spiro atoms. The Morgan fingerprint density at radius 3 is 2.68 bits per heavy atom. The van der Waals surface area contributed by atoms with Crippen molar-refractivity contribution in [2.24, 2.45) is 0 Å². The lowest BCUT2D eigenvalue weighted by molar-refractivity contribution is 0.414. The van der Waals surface area contributed by atoms with Gasteiger partial charge in [-0.05, 0) is 62.6 Å². The van der Waals surface area contributed by atoms with Gasteiger partial charge in [-0.2, -0.15) is 0 Å². The Kier molecular flexibility index (Phi) is 5.90. The van der Waals surface area contributed by atoms with Crippen molar-refractivity contribution >= 4 is 0 Å². The SMILES string of the molecule is COc1ccc(C[C@@H](C)NCCc2cc(F)cnc2C)cc1. The molecular formula is C18H23FN2O. The van der Waals surface area contributed by atoms with E-state index < -0.39 is 0 Å². The molecule has 1 aromatic heterocycles. The Labute approximate surface area is 131 Å². The van der Waals surface area contributed by atoms with E-state index in [0.29, 0.717) is 6.04 Å². The maximum Gasteiger partial charge on any atom is 0.141 e. The van der Waals surface area contributed by atoms with E-state index in [1.807, 2.05) is 19.1 Å². The predicted molar refractivity (Wildman–Crippen MR) is 86.8 cm³/mol. The fourth-order valence-corrected chi connectivity index (χ4v) is 2.44. The molecule has 2 rings (SSSR count). The van der Waals surface area contributed by atoms with E-state index in [2.05, 4.69) is 29.4 Å². The van der Waals surface area contributed by atoms with Crippen LogP contribution in [0.4, 0.5) is 4.39 Å². The van der Waals surface area contributed by atoms with Crippen molar-refractivity contribution in [3.8, 4) is 5.75 Å². The molecule has 0 saturated carbocycles. The summed E-state index contributed by atoms with van der Waals surface area (Å²) in [5.74, 6) is 0.602. The van der Waals surface area contributed by atoms with Crippen molar-refractivity contribution in [2.45, 2.75) is 32.7 Å². The minimum atomic E-state index is -0.271. The average Bonchev–Trinajstić information content (AvgIpc) is 2.51. The van der Waals surface area contributed by atoms with Crippen LogP contribution in [0.15, 0.2) is 36.5 Å². The Morgan fingerprint density at radius 2 is 2.00 bits per heavy atom. The minimum Gasteiger partial charge on any atom is -0.497 e. The lowest BCUT2D eigenvalue weighted by Crippen LogP contribution is -2.30. The number of halogens is 1. The highest BCUT2D eigenvalue weighted by molar-refractivity contribution is 5.27. The maximum absolute atomic E-state index is 13.2. The van der Waals surface area contributed by atoms with Crippen molar-refractivity contribution in [1.29, 1.82) is 0 Å². The standard InChI is InChI=1S/C18H23FN2O/c1-13(10-15-4-6-18(22-3)7-5-15)20-9-8-16-11-17(19)12-21-14(16)2/h4-7,11-13,20H,8-10H2,1-3H3/t13-/m1/s1. The molecular weight excluding hydrogens is 279 g/mol. The van der Waals surface area contributed by atoms with Crippen LogP contribution in [-0.4, -0.2) is 24.7 Å². The van der Waals surface area contributed by atoms with E-state index >= 15 is 0 Å². The molecule has 2 aromatic rings. The number of hydrogen-bond acceptors (Lipinski definition) is 3. The Balaban J connectivity index is 1.79. The van der Waals surface area contributed by atoms with Crippen LogP contribution in [0.5, 0.6) is 5.75 Å². The molecule has 0 aliphatic rings. The maximum atomic E-state index is 13.2. The molecule has 0 saturated heterocycles. The van der Waals surface area contributed by atoms with Gasteiger partial charge in [-0.15, -0.1) is 0 Å². The van der Waals surface area contributed by atoms with Gasteiger partial charge in [0.15, 0.2) is 0 Å². The second-order valence-corrected chi connectivity index (χ2v) is 5.56. The largest absolute Gasteiger partial charge is 0.497 e. The van der Waals surface area contributed by atoms with Gasteiger partial charge in [-0.3, -0.25) is 4.98 Å². The second-order valence-electron chi connectivity index (χ2n) is 5.56. The molecule has 22 heavy (non-hydrogen) atoms. The van der Waals surface area contributed by atoms with E-state index in [1.54, 1.807) is 13.2 Å². The zero-order valence-electron chi connectivity index (χ0n) is 13.4. The molecule has 3 nitrogen and oxygen atoms in total. The zero-order valence-corrected chi connectivity index (χ0v) is 13.4. The van der Waals surface area contributed by atoms with Gasteiger partial charge in [0.2, 0.25) is 0 Å². The number of nitrogens with zero attached hydrogens (tertiary/aromatic N) is 1. The highest BCUT2D eigenvalue weighted by Crippen LogP contribution is 2.13. The van der Waals surface area contributed by atoms with E-state index in [-0.39, 0.29) is 5.82 Å². The van der Waals surface area contributed by atoms with Gasteiger partial charge in [0.05, 0.1) is 13.3 Å². The number of pyridine rings is 1. The molecule has 0 radical (unpaired) electrons. The Hall–Kier alpha value is -1.94. The first kappa shape index (κ1) is 16.4. The van der Waals surface area contributed by atoms with Gasteiger partial charge >= 0.3 is 0 Å². The van der Waals surface area contributed by atoms with E-state index in [1.165, 1.54) is 11.8 Å². The van der Waals surface area contributed by atoms with Crippen LogP contribution in [0.2, 0.25) is 0 Å². The molecule has 1 atom stereocenters. The minimum absolute atomic E-state index is 0.271. The molecule has 0 bridgehead atoms. The molecule has 0 aliphatic carbocycles. The summed E-state index contributed by atoms with van der Waals surface area (Å²) in [5.41, 5.74) is 3.12. The summed E-state index contributed by atoms with van der Waals surface area (Å²) in [6.45, 7) is 4.87. The highest BCUT2D eigenvalue weighted by Gasteiger charge is 2.05. The molecule has 0 aliphatic heterocycles. The number of ether oxygens (including phenoxy) is 1. The monoisotopic (exact) mass is 302 g/mol. The van der Waals surface area contributed by atoms with Crippen LogP contribution in [0.1, 0.15) is 23.7 Å². The third-order valence-corrected chi connectivity index (χ3v) is 3.75. The smallest absolute Gasteiger partial charge is 0.141 e. The summed E-state index contributed by atoms with van der Waals surface area (Å²) >= 11 is 0. The summed E-state index contributed by atoms with van der Waals surface area (Å²) in [6, 6.07) is 10.0. The number of aromatic nitrogens is 1. The summed E-state index contributed by atoms with van der Waals surface area (Å²) in [5, 5.41) is 3.47. The summed E-state index contributed by atoms with van der Waals surface area (Å²) < 4.78 is 18.3. The lowest BCUT2D eigenvalue weighted by Gasteiger charge is -2.14. The number of benzene rings is 1.